The Labute approximate surface area is 160 Å². The monoisotopic (exact) mass is 385 g/mol. The van der Waals surface area contributed by atoms with Gasteiger partial charge in [-0.3, -0.25) is 9.48 Å². The lowest BCUT2D eigenvalue weighted by Crippen LogP contribution is -2.49. The molecule has 0 radical (unpaired) electrons. The van der Waals surface area contributed by atoms with E-state index in [1.54, 1.807) is 12.7 Å². The summed E-state index contributed by atoms with van der Waals surface area (Å²) in [6.07, 6.45) is 5.98. The Kier molecular flexibility index (Phi) is 8.89. The maximum atomic E-state index is 12.6. The molecule has 1 fully saturated rings. The molecule has 1 aliphatic rings. The fourth-order valence-electron chi connectivity index (χ4n) is 3.20. The second-order valence-corrected chi connectivity index (χ2v) is 6.21. The molecular weight excluding hydrogens is 361 g/mol. The highest BCUT2D eigenvalue weighted by molar-refractivity contribution is 5.85. The van der Waals surface area contributed by atoms with Crippen LogP contribution in [0.4, 0.5) is 0 Å². The van der Waals surface area contributed by atoms with E-state index in [1.165, 1.54) is 0 Å². The fourth-order valence-corrected chi connectivity index (χ4v) is 3.20. The van der Waals surface area contributed by atoms with Gasteiger partial charge in [0.05, 0.1) is 6.04 Å². The van der Waals surface area contributed by atoms with Crippen LogP contribution in [-0.2, 0) is 17.8 Å². The highest BCUT2D eigenvalue weighted by Crippen LogP contribution is 2.19. The van der Waals surface area contributed by atoms with Crippen LogP contribution in [0, 0.1) is 5.92 Å². The molecule has 2 N–H and O–H groups in total. The summed E-state index contributed by atoms with van der Waals surface area (Å²) >= 11 is 0. The lowest BCUT2D eigenvalue weighted by Gasteiger charge is -2.34. The first-order valence-corrected chi connectivity index (χ1v) is 8.13. The summed E-state index contributed by atoms with van der Waals surface area (Å²) in [4.78, 5) is 18.5. The lowest BCUT2D eigenvalue weighted by molar-refractivity contribution is -0.134. The molecule has 25 heavy (non-hydrogen) atoms. The van der Waals surface area contributed by atoms with Crippen LogP contribution in [0.1, 0.15) is 18.4 Å². The van der Waals surface area contributed by atoms with Gasteiger partial charge in [0.15, 0.2) is 0 Å². The quantitative estimate of drug-likeness (QED) is 0.852. The van der Waals surface area contributed by atoms with Crippen molar-refractivity contribution in [1.29, 1.82) is 0 Å². The molecule has 1 aromatic heterocycles. The van der Waals surface area contributed by atoms with Gasteiger partial charge in [-0.05, 0) is 30.7 Å². The molecule has 0 saturated carbocycles. The number of carbonyl (C=O) groups is 1. The molecule has 6 nitrogen and oxygen atoms in total. The lowest BCUT2D eigenvalue weighted by atomic mass is 9.96. The van der Waals surface area contributed by atoms with Crippen molar-refractivity contribution in [2.75, 3.05) is 13.1 Å². The number of nitrogens with zero attached hydrogens (tertiary/aromatic N) is 4. The van der Waals surface area contributed by atoms with Crippen molar-refractivity contribution < 1.29 is 4.79 Å². The van der Waals surface area contributed by atoms with Crippen LogP contribution >= 0.6 is 24.8 Å². The summed E-state index contributed by atoms with van der Waals surface area (Å²) < 4.78 is 1.84. The van der Waals surface area contributed by atoms with Crippen LogP contribution in [-0.4, -0.2) is 44.7 Å². The van der Waals surface area contributed by atoms with Crippen LogP contribution in [0.2, 0.25) is 0 Å². The van der Waals surface area contributed by atoms with Gasteiger partial charge in [0, 0.05) is 19.6 Å². The van der Waals surface area contributed by atoms with E-state index >= 15 is 0 Å². The highest BCUT2D eigenvalue weighted by Gasteiger charge is 2.27. The molecular formula is C17H25Cl2N5O. The van der Waals surface area contributed by atoms with E-state index in [9.17, 15) is 4.79 Å². The molecule has 0 bridgehead atoms. The summed E-state index contributed by atoms with van der Waals surface area (Å²) in [5.41, 5.74) is 7.24. The number of likely N-dealkylation sites (tertiary alicyclic amines) is 1. The van der Waals surface area contributed by atoms with E-state index in [1.807, 2.05) is 39.9 Å². The van der Waals surface area contributed by atoms with Gasteiger partial charge in [0.1, 0.15) is 12.7 Å². The van der Waals surface area contributed by atoms with E-state index in [-0.39, 0.29) is 30.7 Å². The summed E-state index contributed by atoms with van der Waals surface area (Å²) in [6, 6.07) is 9.47. The molecule has 138 valence electrons. The number of aromatic nitrogens is 3. The summed E-state index contributed by atoms with van der Waals surface area (Å²) in [5, 5.41) is 4.15. The van der Waals surface area contributed by atoms with Crippen molar-refractivity contribution in [3.8, 4) is 0 Å². The number of amides is 1. The Balaban J connectivity index is 0.00000156. The highest BCUT2D eigenvalue weighted by atomic mass is 35.5. The minimum absolute atomic E-state index is 0. The topological polar surface area (TPSA) is 77.0 Å². The Bertz CT molecular complexity index is 623. The second-order valence-electron chi connectivity index (χ2n) is 6.21. The normalized spacial score (nSPS) is 18.0. The smallest absolute Gasteiger partial charge is 0.239 e. The average Bonchev–Trinajstić information content (AvgIpc) is 3.08. The molecule has 3 rings (SSSR count). The van der Waals surface area contributed by atoms with Gasteiger partial charge < -0.3 is 10.6 Å². The minimum Gasteiger partial charge on any atom is -0.341 e. The molecule has 2 atom stereocenters. The number of hydrogen-bond donors (Lipinski definition) is 1. The number of halogens is 2. The second kappa shape index (κ2) is 10.4. The number of carbonyl (C=O) groups excluding carboxylic acids is 1. The number of benzene rings is 1. The first-order valence-electron chi connectivity index (χ1n) is 8.13. The van der Waals surface area contributed by atoms with E-state index < -0.39 is 6.04 Å². The Morgan fingerprint density at radius 1 is 1.28 bits per heavy atom. The van der Waals surface area contributed by atoms with Crippen LogP contribution in [0.5, 0.6) is 0 Å². The first-order chi connectivity index (χ1) is 11.2. The third-order valence-electron chi connectivity index (χ3n) is 4.36. The molecule has 0 aliphatic carbocycles. The molecule has 2 unspecified atom stereocenters. The SMILES string of the molecule is Cl.Cl.NC(Cc1ccccc1)C(=O)N1CCCC(Cn2cncn2)C1. The van der Waals surface area contributed by atoms with Crippen molar-refractivity contribution in [3.63, 3.8) is 0 Å². The minimum atomic E-state index is -0.470. The number of rotatable bonds is 5. The van der Waals surface area contributed by atoms with Gasteiger partial charge in [-0.2, -0.15) is 5.10 Å². The maximum Gasteiger partial charge on any atom is 0.239 e. The maximum absolute atomic E-state index is 12.6. The van der Waals surface area contributed by atoms with Crippen molar-refractivity contribution >= 4 is 30.7 Å². The molecule has 8 heteroatoms. The number of hydrogen-bond acceptors (Lipinski definition) is 4. The van der Waals surface area contributed by atoms with Gasteiger partial charge in [0.25, 0.3) is 0 Å². The average molecular weight is 386 g/mol. The van der Waals surface area contributed by atoms with Crippen LogP contribution in [0.15, 0.2) is 43.0 Å². The van der Waals surface area contributed by atoms with Gasteiger partial charge in [-0.25, -0.2) is 4.98 Å². The molecule has 2 aromatic rings. The largest absolute Gasteiger partial charge is 0.341 e. The fraction of sp³-hybridized carbons (Fsp3) is 0.471. The van der Waals surface area contributed by atoms with Gasteiger partial charge >= 0.3 is 0 Å². The van der Waals surface area contributed by atoms with Gasteiger partial charge in [-0.15, -0.1) is 24.8 Å². The Morgan fingerprint density at radius 3 is 2.72 bits per heavy atom. The van der Waals surface area contributed by atoms with Crippen molar-refractivity contribution in [2.45, 2.75) is 31.8 Å². The molecule has 1 aliphatic heterocycles. The van der Waals surface area contributed by atoms with E-state index in [2.05, 4.69) is 10.1 Å². The molecule has 1 saturated heterocycles. The first kappa shape index (κ1) is 21.4. The molecule has 1 amide bonds. The predicted octanol–water partition coefficient (Wildman–Crippen LogP) is 1.93. The summed E-state index contributed by atoms with van der Waals surface area (Å²) in [7, 11) is 0. The predicted molar refractivity (Wildman–Crippen MR) is 102 cm³/mol. The van der Waals surface area contributed by atoms with Crippen LogP contribution in [0.25, 0.3) is 0 Å². The molecule has 0 spiro atoms. The zero-order valence-electron chi connectivity index (χ0n) is 14.0. The number of nitrogens with two attached hydrogens (primary N) is 1. The Hall–Kier alpha value is -1.63. The molecule has 2 heterocycles. The zero-order valence-corrected chi connectivity index (χ0v) is 15.7. The van der Waals surface area contributed by atoms with E-state index in [4.69, 9.17) is 5.73 Å². The van der Waals surface area contributed by atoms with Crippen molar-refractivity contribution in [1.82, 2.24) is 19.7 Å². The third-order valence-corrected chi connectivity index (χ3v) is 4.36. The van der Waals surface area contributed by atoms with E-state index in [0.29, 0.717) is 12.3 Å². The third kappa shape index (κ3) is 5.99. The van der Waals surface area contributed by atoms with E-state index in [0.717, 1.165) is 38.0 Å². The van der Waals surface area contributed by atoms with Crippen LogP contribution in [0.3, 0.4) is 0 Å². The molecule has 1 aromatic carbocycles. The van der Waals surface area contributed by atoms with Crippen molar-refractivity contribution in [3.05, 3.63) is 48.5 Å². The van der Waals surface area contributed by atoms with Gasteiger partial charge in [-0.1, -0.05) is 30.3 Å². The van der Waals surface area contributed by atoms with Crippen LogP contribution < -0.4 is 5.73 Å². The number of piperidine rings is 1. The standard InChI is InChI=1S/C17H23N5O.2ClH/c18-16(9-14-5-2-1-3-6-14)17(23)21-8-4-7-15(10-21)11-22-13-19-12-20-22;;/h1-3,5-6,12-13,15-16H,4,7-11,18H2;2*1H. The van der Waals surface area contributed by atoms with Gasteiger partial charge in [0.2, 0.25) is 5.91 Å². The summed E-state index contributed by atoms with van der Waals surface area (Å²) in [5.74, 6) is 0.468. The Morgan fingerprint density at radius 2 is 2.04 bits per heavy atom. The zero-order chi connectivity index (χ0) is 16.1. The van der Waals surface area contributed by atoms with Crippen molar-refractivity contribution in [2.24, 2.45) is 11.7 Å². The summed E-state index contributed by atoms with van der Waals surface area (Å²) in [6.45, 7) is 2.36.